The quantitative estimate of drug-likeness (QED) is 0.717. The highest BCUT2D eigenvalue weighted by Crippen LogP contribution is 2.23. The number of carbonyl (C=O) groups is 2. The number of anilines is 1. The topological polar surface area (TPSA) is 73.9 Å². The van der Waals surface area contributed by atoms with Gasteiger partial charge in [0, 0.05) is 11.8 Å². The SMILES string of the molecule is COc1cccc(NC(=O)COC(=O)COc2ccc(C(C)C)c(C)c2)c1. The number of esters is 1. The summed E-state index contributed by atoms with van der Waals surface area (Å²) in [5, 5.41) is 2.63. The highest BCUT2D eigenvalue weighted by Gasteiger charge is 2.10. The molecular formula is C21H25NO5. The van der Waals surface area contributed by atoms with Crippen LogP contribution in [-0.2, 0) is 14.3 Å². The number of benzene rings is 2. The van der Waals surface area contributed by atoms with Gasteiger partial charge in [0.05, 0.1) is 7.11 Å². The van der Waals surface area contributed by atoms with Crippen molar-refractivity contribution in [2.45, 2.75) is 26.7 Å². The van der Waals surface area contributed by atoms with Crippen molar-refractivity contribution in [2.75, 3.05) is 25.6 Å². The number of nitrogens with one attached hydrogen (secondary N) is 1. The largest absolute Gasteiger partial charge is 0.497 e. The molecule has 0 unspecified atom stereocenters. The second-order valence-electron chi connectivity index (χ2n) is 6.40. The van der Waals surface area contributed by atoms with Gasteiger partial charge in [-0.2, -0.15) is 0 Å². The smallest absolute Gasteiger partial charge is 0.344 e. The van der Waals surface area contributed by atoms with Gasteiger partial charge < -0.3 is 19.5 Å². The van der Waals surface area contributed by atoms with E-state index in [0.29, 0.717) is 23.1 Å². The van der Waals surface area contributed by atoms with Gasteiger partial charge in [0.2, 0.25) is 0 Å². The lowest BCUT2D eigenvalue weighted by Crippen LogP contribution is -2.23. The van der Waals surface area contributed by atoms with Crippen LogP contribution in [0.4, 0.5) is 5.69 Å². The van der Waals surface area contributed by atoms with Gasteiger partial charge in [-0.25, -0.2) is 4.79 Å². The minimum Gasteiger partial charge on any atom is -0.497 e. The van der Waals surface area contributed by atoms with Gasteiger partial charge >= 0.3 is 5.97 Å². The Morgan fingerprint density at radius 1 is 1.04 bits per heavy atom. The van der Waals surface area contributed by atoms with E-state index < -0.39 is 11.9 Å². The highest BCUT2D eigenvalue weighted by molar-refractivity contribution is 5.93. The van der Waals surface area contributed by atoms with E-state index in [9.17, 15) is 9.59 Å². The first-order valence-electron chi connectivity index (χ1n) is 8.72. The molecule has 144 valence electrons. The van der Waals surface area contributed by atoms with Gasteiger partial charge in [-0.05, 0) is 48.2 Å². The third-order valence-electron chi connectivity index (χ3n) is 3.94. The zero-order valence-electron chi connectivity index (χ0n) is 16.1. The number of carbonyl (C=O) groups excluding carboxylic acids is 2. The summed E-state index contributed by atoms with van der Waals surface area (Å²) in [4.78, 5) is 23.7. The lowest BCUT2D eigenvalue weighted by Gasteiger charge is -2.12. The molecule has 6 nitrogen and oxygen atoms in total. The van der Waals surface area contributed by atoms with E-state index >= 15 is 0 Å². The van der Waals surface area contributed by atoms with E-state index in [0.717, 1.165) is 5.56 Å². The molecule has 0 bridgehead atoms. The molecular weight excluding hydrogens is 346 g/mol. The Kier molecular flexibility index (Phi) is 7.23. The molecule has 0 aliphatic heterocycles. The zero-order chi connectivity index (χ0) is 19.8. The van der Waals surface area contributed by atoms with Gasteiger partial charge in [0.15, 0.2) is 13.2 Å². The summed E-state index contributed by atoms with van der Waals surface area (Å²) in [7, 11) is 1.54. The number of methoxy groups -OCH3 is 1. The van der Waals surface area contributed by atoms with Crippen molar-refractivity contribution in [3.8, 4) is 11.5 Å². The molecule has 1 amide bonds. The van der Waals surface area contributed by atoms with E-state index in [1.54, 1.807) is 31.4 Å². The summed E-state index contributed by atoms with van der Waals surface area (Å²) in [6, 6.07) is 12.6. The summed E-state index contributed by atoms with van der Waals surface area (Å²) >= 11 is 0. The number of amides is 1. The number of ether oxygens (including phenoxy) is 3. The fourth-order valence-corrected chi connectivity index (χ4v) is 2.61. The first-order valence-corrected chi connectivity index (χ1v) is 8.72. The number of hydrogen-bond acceptors (Lipinski definition) is 5. The third-order valence-corrected chi connectivity index (χ3v) is 3.94. The first kappa shape index (κ1) is 20.3. The summed E-state index contributed by atoms with van der Waals surface area (Å²) in [5.74, 6) is 0.592. The molecule has 0 aliphatic rings. The molecule has 2 rings (SSSR count). The van der Waals surface area contributed by atoms with Crippen LogP contribution < -0.4 is 14.8 Å². The van der Waals surface area contributed by atoms with Crippen molar-refractivity contribution in [2.24, 2.45) is 0 Å². The van der Waals surface area contributed by atoms with Crippen LogP contribution in [0.15, 0.2) is 42.5 Å². The first-order chi connectivity index (χ1) is 12.9. The van der Waals surface area contributed by atoms with Crippen LogP contribution in [0.25, 0.3) is 0 Å². The maximum absolute atomic E-state index is 11.9. The van der Waals surface area contributed by atoms with Crippen molar-refractivity contribution in [3.05, 3.63) is 53.6 Å². The Balaban J connectivity index is 1.77. The van der Waals surface area contributed by atoms with Crippen molar-refractivity contribution in [1.82, 2.24) is 0 Å². The molecule has 6 heteroatoms. The molecule has 27 heavy (non-hydrogen) atoms. The van der Waals surface area contributed by atoms with Crippen molar-refractivity contribution in [3.63, 3.8) is 0 Å². The van der Waals surface area contributed by atoms with Crippen LogP contribution >= 0.6 is 0 Å². The molecule has 0 aromatic heterocycles. The van der Waals surface area contributed by atoms with Gasteiger partial charge in [-0.1, -0.05) is 26.0 Å². The van der Waals surface area contributed by atoms with E-state index in [1.807, 2.05) is 25.1 Å². The summed E-state index contributed by atoms with van der Waals surface area (Å²) in [5.41, 5.74) is 2.90. The van der Waals surface area contributed by atoms with E-state index in [2.05, 4.69) is 19.2 Å². The molecule has 0 radical (unpaired) electrons. The fraction of sp³-hybridized carbons (Fsp3) is 0.333. The Labute approximate surface area is 159 Å². The predicted molar refractivity (Wildman–Crippen MR) is 103 cm³/mol. The molecule has 2 aromatic carbocycles. The van der Waals surface area contributed by atoms with Gasteiger partial charge in [-0.15, -0.1) is 0 Å². The van der Waals surface area contributed by atoms with Crippen LogP contribution in [0.2, 0.25) is 0 Å². The van der Waals surface area contributed by atoms with Crippen LogP contribution in [0.1, 0.15) is 30.9 Å². The summed E-state index contributed by atoms with van der Waals surface area (Å²) in [6.07, 6.45) is 0. The van der Waals surface area contributed by atoms with Crippen LogP contribution in [-0.4, -0.2) is 32.2 Å². The molecule has 1 N–H and O–H groups in total. The monoisotopic (exact) mass is 371 g/mol. The van der Waals surface area contributed by atoms with Gasteiger partial charge in [0.1, 0.15) is 11.5 Å². The summed E-state index contributed by atoms with van der Waals surface area (Å²) in [6.45, 7) is 5.61. The normalized spacial score (nSPS) is 10.4. The van der Waals surface area contributed by atoms with Crippen LogP contribution in [0.3, 0.4) is 0 Å². The molecule has 0 saturated heterocycles. The Morgan fingerprint density at radius 3 is 2.48 bits per heavy atom. The molecule has 2 aromatic rings. The fourth-order valence-electron chi connectivity index (χ4n) is 2.61. The lowest BCUT2D eigenvalue weighted by atomic mass is 9.98. The van der Waals surface area contributed by atoms with E-state index in [1.165, 1.54) is 5.56 Å². The number of aryl methyl sites for hydroxylation is 1. The average Bonchev–Trinajstić information content (AvgIpc) is 2.64. The number of hydrogen-bond donors (Lipinski definition) is 1. The van der Waals surface area contributed by atoms with E-state index in [-0.39, 0.29) is 13.2 Å². The zero-order valence-corrected chi connectivity index (χ0v) is 16.1. The molecule has 0 spiro atoms. The maximum atomic E-state index is 11.9. The average molecular weight is 371 g/mol. The predicted octanol–water partition coefficient (Wildman–Crippen LogP) is 3.69. The van der Waals surface area contributed by atoms with Gasteiger partial charge in [-0.3, -0.25) is 4.79 Å². The Morgan fingerprint density at radius 2 is 1.81 bits per heavy atom. The van der Waals surface area contributed by atoms with Crippen molar-refractivity contribution < 1.29 is 23.8 Å². The molecule has 0 atom stereocenters. The highest BCUT2D eigenvalue weighted by atomic mass is 16.6. The molecule has 0 aliphatic carbocycles. The van der Waals surface area contributed by atoms with Crippen molar-refractivity contribution in [1.29, 1.82) is 0 Å². The molecule has 0 fully saturated rings. The molecule has 0 heterocycles. The van der Waals surface area contributed by atoms with Crippen molar-refractivity contribution >= 4 is 17.6 Å². The van der Waals surface area contributed by atoms with Crippen LogP contribution in [0, 0.1) is 6.92 Å². The Hall–Kier alpha value is -3.02. The standard InChI is InChI=1S/C21H25NO5/c1-14(2)19-9-8-18(10-15(19)3)26-13-21(24)27-12-20(23)22-16-6-5-7-17(11-16)25-4/h5-11,14H,12-13H2,1-4H3,(H,22,23). The van der Waals surface area contributed by atoms with Crippen LogP contribution in [0.5, 0.6) is 11.5 Å². The Bertz CT molecular complexity index is 801. The second-order valence-corrected chi connectivity index (χ2v) is 6.40. The summed E-state index contributed by atoms with van der Waals surface area (Å²) < 4.78 is 15.5. The molecule has 0 saturated carbocycles. The second kappa shape index (κ2) is 9.62. The number of rotatable bonds is 8. The van der Waals surface area contributed by atoms with Gasteiger partial charge in [0.25, 0.3) is 5.91 Å². The third kappa shape index (κ3) is 6.33. The minimum absolute atomic E-state index is 0.257. The minimum atomic E-state index is -0.610. The maximum Gasteiger partial charge on any atom is 0.344 e. The van der Waals surface area contributed by atoms with E-state index in [4.69, 9.17) is 14.2 Å². The lowest BCUT2D eigenvalue weighted by molar-refractivity contribution is -0.149.